The molecule has 1 saturated carbocycles. The van der Waals surface area contributed by atoms with Crippen LogP contribution in [0.1, 0.15) is 6.42 Å². The maximum absolute atomic E-state index is 5.98. The van der Waals surface area contributed by atoms with Gasteiger partial charge in [0.05, 0.1) is 0 Å². The Morgan fingerprint density at radius 3 is 2.93 bits per heavy atom. The lowest BCUT2D eigenvalue weighted by molar-refractivity contribution is 0.311. The van der Waals surface area contributed by atoms with Crippen molar-refractivity contribution < 1.29 is 0 Å². The van der Waals surface area contributed by atoms with E-state index < -0.39 is 0 Å². The van der Waals surface area contributed by atoms with Gasteiger partial charge in [0.2, 0.25) is 0 Å². The molecule has 3 unspecified atom stereocenters. The van der Waals surface area contributed by atoms with E-state index in [1.165, 1.54) is 12.7 Å². The van der Waals surface area contributed by atoms with Crippen molar-refractivity contribution in [2.24, 2.45) is 11.7 Å². The summed E-state index contributed by atoms with van der Waals surface area (Å²) in [4.78, 5) is 10.3. The Morgan fingerprint density at radius 1 is 1.50 bits per heavy atom. The summed E-state index contributed by atoms with van der Waals surface area (Å²) in [5.74, 6) is 1.55. The van der Waals surface area contributed by atoms with Gasteiger partial charge in [-0.15, -0.1) is 0 Å². The Hall–Kier alpha value is -0.870. The molecule has 3 fully saturated rings. The van der Waals surface area contributed by atoms with Crippen LogP contribution < -0.4 is 10.6 Å². The summed E-state index contributed by atoms with van der Waals surface area (Å²) in [6, 6.07) is 2.59. The van der Waals surface area contributed by atoms with Gasteiger partial charge in [0.15, 0.2) is 0 Å². The number of halogens is 1. The predicted octanol–water partition coefficient (Wildman–Crippen LogP) is 0.666. The standard InChI is InChI=1S/C9H11ClN4/c10-7-2-8(13-4-12-7)14-3-5-1-6(14)9(5)11/h2,4-6,9H,1,3,11H2. The Bertz CT molecular complexity index is 370. The molecule has 0 amide bonds. The number of hydrogen-bond donors (Lipinski definition) is 1. The van der Waals surface area contributed by atoms with Crippen LogP contribution in [0.4, 0.5) is 5.82 Å². The quantitative estimate of drug-likeness (QED) is 0.693. The number of aromatic nitrogens is 2. The van der Waals surface area contributed by atoms with Crippen LogP contribution in [0, 0.1) is 5.92 Å². The molecule has 2 saturated heterocycles. The fourth-order valence-corrected chi connectivity index (χ4v) is 2.55. The lowest BCUT2D eigenvalue weighted by Crippen LogP contribution is -2.49. The summed E-state index contributed by atoms with van der Waals surface area (Å²) in [6.07, 6.45) is 2.70. The van der Waals surface area contributed by atoms with Gasteiger partial charge in [0, 0.05) is 24.7 Å². The first-order chi connectivity index (χ1) is 6.75. The molecule has 2 N–H and O–H groups in total. The highest BCUT2D eigenvalue weighted by Gasteiger charge is 2.50. The van der Waals surface area contributed by atoms with Crippen molar-refractivity contribution in [3.05, 3.63) is 17.5 Å². The van der Waals surface area contributed by atoms with E-state index in [0.717, 1.165) is 12.4 Å². The molecule has 14 heavy (non-hydrogen) atoms. The van der Waals surface area contributed by atoms with E-state index >= 15 is 0 Å². The fraction of sp³-hybridized carbons (Fsp3) is 0.556. The molecule has 3 heterocycles. The summed E-state index contributed by atoms with van der Waals surface area (Å²) < 4.78 is 0. The normalized spacial score (nSPS) is 34.4. The average molecular weight is 211 g/mol. The number of nitrogens with two attached hydrogens (primary N) is 1. The second-order valence-electron chi connectivity index (χ2n) is 3.99. The molecule has 0 aromatic carbocycles. The maximum Gasteiger partial charge on any atom is 0.134 e. The van der Waals surface area contributed by atoms with Crippen LogP contribution in [0.15, 0.2) is 12.4 Å². The molecular formula is C9H11ClN4. The highest BCUT2D eigenvalue weighted by atomic mass is 35.5. The van der Waals surface area contributed by atoms with Crippen molar-refractivity contribution in [2.75, 3.05) is 11.4 Å². The van der Waals surface area contributed by atoms with Gasteiger partial charge >= 0.3 is 0 Å². The topological polar surface area (TPSA) is 55.0 Å². The molecule has 0 radical (unpaired) electrons. The van der Waals surface area contributed by atoms with E-state index in [1.54, 1.807) is 6.07 Å². The second-order valence-corrected chi connectivity index (χ2v) is 4.38. The van der Waals surface area contributed by atoms with Gasteiger partial charge in [-0.1, -0.05) is 11.6 Å². The molecule has 4 nitrogen and oxygen atoms in total. The van der Waals surface area contributed by atoms with Gasteiger partial charge in [0.1, 0.15) is 17.3 Å². The van der Waals surface area contributed by atoms with E-state index in [9.17, 15) is 0 Å². The Kier molecular flexibility index (Phi) is 1.69. The van der Waals surface area contributed by atoms with Gasteiger partial charge < -0.3 is 10.6 Å². The van der Waals surface area contributed by atoms with Gasteiger partial charge in [-0.05, 0) is 12.3 Å². The number of rotatable bonds is 1. The van der Waals surface area contributed by atoms with Crippen LogP contribution in [0.5, 0.6) is 0 Å². The van der Waals surface area contributed by atoms with Crippen LogP contribution in [-0.4, -0.2) is 28.6 Å². The van der Waals surface area contributed by atoms with Crippen LogP contribution in [-0.2, 0) is 0 Å². The molecule has 5 heteroatoms. The van der Waals surface area contributed by atoms with E-state index in [-0.39, 0.29) is 0 Å². The summed E-state index contributed by atoms with van der Waals surface area (Å²) in [5, 5.41) is 0.493. The lowest BCUT2D eigenvalue weighted by atomic mass is 9.81. The molecule has 1 aliphatic carbocycles. The average Bonchev–Trinajstić information content (AvgIpc) is 2.74. The molecule has 3 aliphatic rings. The van der Waals surface area contributed by atoms with Crippen LogP contribution in [0.25, 0.3) is 0 Å². The molecular weight excluding hydrogens is 200 g/mol. The van der Waals surface area contributed by atoms with Gasteiger partial charge in [-0.25, -0.2) is 9.97 Å². The van der Waals surface area contributed by atoms with Crippen LogP contribution in [0.3, 0.4) is 0 Å². The minimum Gasteiger partial charge on any atom is -0.352 e. The number of fused-ring (bicyclic) bond motifs is 1. The summed E-state index contributed by atoms with van der Waals surface area (Å²) in [7, 11) is 0. The minimum atomic E-state index is 0.323. The first-order valence-electron chi connectivity index (χ1n) is 4.75. The Balaban J connectivity index is 1.90. The summed E-state index contributed by atoms with van der Waals surface area (Å²) in [5.41, 5.74) is 5.98. The fourth-order valence-electron chi connectivity index (χ4n) is 2.41. The monoisotopic (exact) mass is 210 g/mol. The van der Waals surface area contributed by atoms with E-state index in [0.29, 0.717) is 23.2 Å². The maximum atomic E-state index is 5.98. The molecule has 0 spiro atoms. The highest BCUT2D eigenvalue weighted by molar-refractivity contribution is 6.29. The van der Waals surface area contributed by atoms with Crippen LogP contribution in [0.2, 0.25) is 5.15 Å². The third kappa shape index (κ3) is 1.04. The number of hydrogen-bond acceptors (Lipinski definition) is 4. The SMILES string of the molecule is NC1C2CC1N(c1cc(Cl)ncn1)C2. The number of anilines is 1. The van der Waals surface area contributed by atoms with Gasteiger partial charge in [0.25, 0.3) is 0 Å². The van der Waals surface area contributed by atoms with E-state index in [4.69, 9.17) is 17.3 Å². The Labute approximate surface area is 87.1 Å². The number of nitrogens with zero attached hydrogens (tertiary/aromatic N) is 3. The molecule has 2 bridgehead atoms. The third-order valence-corrected chi connectivity index (χ3v) is 3.48. The van der Waals surface area contributed by atoms with Crippen molar-refractivity contribution in [1.29, 1.82) is 0 Å². The molecule has 3 atom stereocenters. The zero-order valence-corrected chi connectivity index (χ0v) is 8.35. The van der Waals surface area contributed by atoms with Crippen molar-refractivity contribution >= 4 is 17.4 Å². The molecule has 1 aromatic heterocycles. The van der Waals surface area contributed by atoms with Crippen molar-refractivity contribution in [3.8, 4) is 0 Å². The molecule has 74 valence electrons. The van der Waals surface area contributed by atoms with Crippen molar-refractivity contribution in [3.63, 3.8) is 0 Å². The predicted molar refractivity (Wildman–Crippen MR) is 54.3 cm³/mol. The van der Waals surface area contributed by atoms with Crippen LogP contribution >= 0.6 is 11.6 Å². The third-order valence-electron chi connectivity index (χ3n) is 3.28. The Morgan fingerprint density at radius 2 is 2.36 bits per heavy atom. The first-order valence-corrected chi connectivity index (χ1v) is 5.13. The largest absolute Gasteiger partial charge is 0.352 e. The lowest BCUT2D eigenvalue weighted by Gasteiger charge is -2.33. The molecule has 2 aliphatic heterocycles. The minimum absolute atomic E-state index is 0.323. The van der Waals surface area contributed by atoms with Crippen molar-refractivity contribution in [1.82, 2.24) is 9.97 Å². The van der Waals surface area contributed by atoms with Gasteiger partial charge in [-0.3, -0.25) is 0 Å². The smallest absolute Gasteiger partial charge is 0.134 e. The molecule has 4 rings (SSSR count). The molecule has 1 aromatic rings. The van der Waals surface area contributed by atoms with Gasteiger partial charge in [-0.2, -0.15) is 0 Å². The van der Waals surface area contributed by atoms with Crippen molar-refractivity contribution in [2.45, 2.75) is 18.5 Å². The first kappa shape index (κ1) is 8.44. The zero-order chi connectivity index (χ0) is 9.71. The second kappa shape index (κ2) is 2.81. The van der Waals surface area contributed by atoms with E-state index in [1.807, 2.05) is 0 Å². The summed E-state index contributed by atoms with van der Waals surface area (Å²) >= 11 is 5.81. The van der Waals surface area contributed by atoms with E-state index in [2.05, 4.69) is 14.9 Å². The highest BCUT2D eigenvalue weighted by Crippen LogP contribution is 2.41. The summed E-state index contributed by atoms with van der Waals surface area (Å²) in [6.45, 7) is 1.01. The zero-order valence-electron chi connectivity index (χ0n) is 7.60.